The largest absolute Gasteiger partial charge is 4.00 e. The normalized spacial score (nSPS) is 15.8. The third-order valence-corrected chi connectivity index (χ3v) is 4.33. The molecule has 1 unspecified atom stereocenters. The maximum atomic E-state index is 3.54. The number of halogens is 4. The first-order valence-electron chi connectivity index (χ1n) is 6.00. The van der Waals surface area contributed by atoms with Gasteiger partial charge in [0, 0.05) is 10.5 Å². The molecular formula is C16H11BrCl3NZr. The fourth-order valence-electron chi connectivity index (χ4n) is 3.05. The van der Waals surface area contributed by atoms with E-state index in [-0.39, 0.29) is 63.4 Å². The second kappa shape index (κ2) is 8.35. The minimum Gasteiger partial charge on any atom is -1.00 e. The molecule has 0 amide bonds. The molecule has 1 heterocycles. The smallest absolute Gasteiger partial charge is 1.00 e. The molecule has 4 rings (SSSR count). The Bertz CT molecular complexity index is 706. The van der Waals surface area contributed by atoms with E-state index in [4.69, 9.17) is 0 Å². The summed E-state index contributed by atoms with van der Waals surface area (Å²) in [5.74, 6) is 0. The Morgan fingerprint density at radius 3 is 2.59 bits per heavy atom. The van der Waals surface area contributed by atoms with Gasteiger partial charge in [0.05, 0.1) is 0 Å². The number of nitrogens with zero attached hydrogens (tertiary/aromatic N) is 1. The van der Waals surface area contributed by atoms with Crippen molar-refractivity contribution in [2.75, 3.05) is 11.9 Å². The van der Waals surface area contributed by atoms with Gasteiger partial charge < -0.3 is 42.1 Å². The van der Waals surface area contributed by atoms with Gasteiger partial charge in [-0.1, -0.05) is 33.6 Å². The first kappa shape index (κ1) is 22.2. The summed E-state index contributed by atoms with van der Waals surface area (Å²) < 4.78 is 1.14. The van der Waals surface area contributed by atoms with E-state index in [0.717, 1.165) is 4.47 Å². The molecule has 2 aromatic carbocycles. The Morgan fingerprint density at radius 2 is 1.86 bits per heavy atom. The third-order valence-electron chi connectivity index (χ3n) is 3.84. The van der Waals surface area contributed by atoms with Crippen LogP contribution in [0.1, 0.15) is 22.7 Å². The summed E-state index contributed by atoms with van der Waals surface area (Å²) in [5.41, 5.74) is 6.61. The van der Waals surface area contributed by atoms with E-state index >= 15 is 0 Å². The summed E-state index contributed by atoms with van der Waals surface area (Å²) >= 11 is 3.54. The standard InChI is InChI=1S/C16H11BrN.3ClH.Zr/c1-18-15-5-3-2-4-13(15)14-9-10-8-11(17)6-7-12(10)16(14)18;;;;/h2-3,5-9,16H,1H3;3*1H;/q-1;;;;+4/p-3. The van der Waals surface area contributed by atoms with Crippen LogP contribution in [0.5, 0.6) is 0 Å². The van der Waals surface area contributed by atoms with Gasteiger partial charge in [0.2, 0.25) is 0 Å². The van der Waals surface area contributed by atoms with Gasteiger partial charge in [0.15, 0.2) is 0 Å². The zero-order valence-corrected chi connectivity index (χ0v) is 17.9. The van der Waals surface area contributed by atoms with Crippen molar-refractivity contribution in [2.45, 2.75) is 6.04 Å². The minimum atomic E-state index is 0. The summed E-state index contributed by atoms with van der Waals surface area (Å²) in [6.45, 7) is 0. The number of benzene rings is 2. The van der Waals surface area contributed by atoms with Gasteiger partial charge in [-0.2, -0.15) is 0 Å². The molecule has 0 fully saturated rings. The van der Waals surface area contributed by atoms with E-state index in [1.165, 1.54) is 28.0 Å². The predicted molar refractivity (Wildman–Crippen MR) is 78.4 cm³/mol. The molecular weight excluding hydrogens is 484 g/mol. The van der Waals surface area contributed by atoms with Crippen molar-refractivity contribution in [1.82, 2.24) is 0 Å². The maximum absolute atomic E-state index is 3.54. The third kappa shape index (κ3) is 3.21. The van der Waals surface area contributed by atoms with Crippen LogP contribution >= 0.6 is 15.9 Å². The fraction of sp³-hybridized carbons (Fsp3) is 0.125. The minimum absolute atomic E-state index is 0. The number of rotatable bonds is 0. The number of fused-ring (bicyclic) bond motifs is 5. The van der Waals surface area contributed by atoms with Crippen molar-refractivity contribution >= 4 is 33.3 Å². The van der Waals surface area contributed by atoms with Crippen molar-refractivity contribution in [3.63, 3.8) is 0 Å². The zero-order valence-electron chi connectivity index (χ0n) is 11.6. The quantitative estimate of drug-likeness (QED) is 0.333. The molecule has 2 aromatic rings. The Balaban J connectivity index is 0.00000110. The second-order valence-corrected chi connectivity index (χ2v) is 5.73. The number of hydrogen-bond acceptors (Lipinski definition) is 1. The number of anilines is 1. The zero-order chi connectivity index (χ0) is 12.3. The molecule has 1 atom stereocenters. The van der Waals surface area contributed by atoms with Crippen LogP contribution in [0.25, 0.3) is 11.6 Å². The predicted octanol–water partition coefficient (Wildman–Crippen LogP) is -4.70. The molecule has 2 aliphatic rings. The molecule has 0 radical (unpaired) electrons. The van der Waals surface area contributed by atoms with Gasteiger partial charge >= 0.3 is 26.2 Å². The summed E-state index contributed by atoms with van der Waals surface area (Å²) in [7, 11) is 2.16. The van der Waals surface area contributed by atoms with E-state index in [2.05, 4.69) is 70.4 Å². The van der Waals surface area contributed by atoms with Crippen molar-refractivity contribution in [1.29, 1.82) is 0 Å². The molecule has 6 heteroatoms. The van der Waals surface area contributed by atoms with Crippen LogP contribution in [-0.4, -0.2) is 7.05 Å². The second-order valence-electron chi connectivity index (χ2n) is 4.82. The summed E-state index contributed by atoms with van der Waals surface area (Å²) in [4.78, 5) is 2.34. The summed E-state index contributed by atoms with van der Waals surface area (Å²) in [5, 5.41) is 0. The Labute approximate surface area is 177 Å². The molecule has 1 aliphatic heterocycles. The maximum Gasteiger partial charge on any atom is 4.00 e. The topological polar surface area (TPSA) is 3.24 Å². The van der Waals surface area contributed by atoms with E-state index < -0.39 is 0 Å². The number of likely N-dealkylation sites (N-methyl/N-ethyl adjacent to an activating group) is 1. The monoisotopic (exact) mass is 491 g/mol. The van der Waals surface area contributed by atoms with E-state index in [1.54, 1.807) is 0 Å². The van der Waals surface area contributed by atoms with Crippen molar-refractivity contribution in [2.24, 2.45) is 0 Å². The van der Waals surface area contributed by atoms with Crippen LogP contribution in [0, 0.1) is 6.07 Å². The SMILES string of the molecule is CN1c2ccc[c-]c2C2=Cc3cc(Br)ccc3C21.[Cl-].[Cl-].[Cl-].[Zr+4]. The number of hydrogen-bond donors (Lipinski definition) is 0. The molecule has 0 aromatic heterocycles. The van der Waals surface area contributed by atoms with E-state index in [1.807, 2.05) is 6.07 Å². The molecule has 22 heavy (non-hydrogen) atoms. The molecule has 0 N–H and O–H groups in total. The molecule has 0 bridgehead atoms. The van der Waals surface area contributed by atoms with Crippen LogP contribution in [-0.2, 0) is 26.2 Å². The molecule has 0 spiro atoms. The molecule has 0 saturated heterocycles. The molecule has 0 saturated carbocycles. The van der Waals surface area contributed by atoms with Crippen LogP contribution in [0.2, 0.25) is 0 Å². The van der Waals surface area contributed by atoms with Gasteiger partial charge in [0.1, 0.15) is 0 Å². The fourth-order valence-corrected chi connectivity index (χ4v) is 3.43. The van der Waals surface area contributed by atoms with Crippen LogP contribution in [0.3, 0.4) is 0 Å². The summed E-state index contributed by atoms with van der Waals surface area (Å²) in [6.07, 6.45) is 2.30. The Morgan fingerprint density at radius 1 is 1.14 bits per heavy atom. The summed E-state index contributed by atoms with van der Waals surface area (Å²) in [6, 6.07) is 16.5. The van der Waals surface area contributed by atoms with Crippen molar-refractivity contribution in [3.05, 3.63) is 63.6 Å². The molecule has 1 aliphatic carbocycles. The van der Waals surface area contributed by atoms with Crippen LogP contribution in [0.15, 0.2) is 40.9 Å². The Kier molecular flexibility index (Phi) is 8.43. The Hall–Kier alpha value is 0.213. The van der Waals surface area contributed by atoms with Crippen molar-refractivity contribution in [3.8, 4) is 0 Å². The van der Waals surface area contributed by atoms with Gasteiger partial charge in [-0.05, 0) is 36.0 Å². The van der Waals surface area contributed by atoms with Gasteiger partial charge in [-0.3, -0.25) is 0 Å². The van der Waals surface area contributed by atoms with Crippen molar-refractivity contribution < 1.29 is 63.4 Å². The van der Waals surface area contributed by atoms with Gasteiger partial charge in [-0.15, -0.1) is 29.8 Å². The average molecular weight is 495 g/mol. The molecule has 1 nitrogen and oxygen atoms in total. The van der Waals surface area contributed by atoms with Crippen LogP contribution < -0.4 is 42.1 Å². The van der Waals surface area contributed by atoms with E-state index in [0.29, 0.717) is 6.04 Å². The van der Waals surface area contributed by atoms with Gasteiger partial charge in [0.25, 0.3) is 0 Å². The van der Waals surface area contributed by atoms with E-state index in [9.17, 15) is 0 Å². The van der Waals surface area contributed by atoms with Gasteiger partial charge in [-0.25, -0.2) is 0 Å². The molecule has 112 valence electrons. The average Bonchev–Trinajstić information content (AvgIpc) is 2.87. The first-order valence-corrected chi connectivity index (χ1v) is 6.80. The first-order chi connectivity index (χ1) is 8.75. The van der Waals surface area contributed by atoms with Crippen LogP contribution in [0.4, 0.5) is 5.69 Å².